The molecule has 0 aliphatic carbocycles. The second-order valence-electron chi connectivity index (χ2n) is 7.92. The van der Waals surface area contributed by atoms with Crippen molar-refractivity contribution in [3.8, 4) is 17.0 Å². The Kier molecular flexibility index (Phi) is 8.46. The number of hydrogen-bond acceptors (Lipinski definition) is 4. The van der Waals surface area contributed by atoms with Gasteiger partial charge in [0.2, 0.25) is 5.91 Å². The second kappa shape index (κ2) is 11.7. The lowest BCUT2D eigenvalue weighted by Gasteiger charge is -2.22. The van der Waals surface area contributed by atoms with Crippen molar-refractivity contribution in [3.05, 3.63) is 72.2 Å². The molecule has 2 N–H and O–H groups in total. The molecule has 0 radical (unpaired) electrons. The first-order chi connectivity index (χ1) is 16.0. The predicted octanol–water partition coefficient (Wildman–Crippen LogP) is 2.79. The number of carbonyl (C=O) groups excluding carboxylic acids is 1. The third-order valence-electron chi connectivity index (χ3n) is 5.18. The molecule has 0 fully saturated rings. The van der Waals surface area contributed by atoms with E-state index in [4.69, 9.17) is 4.74 Å². The fourth-order valence-electron chi connectivity index (χ4n) is 3.21. The molecule has 0 aliphatic heterocycles. The van der Waals surface area contributed by atoms with Gasteiger partial charge in [0, 0.05) is 27.7 Å². The van der Waals surface area contributed by atoms with E-state index in [-0.39, 0.29) is 12.5 Å². The van der Waals surface area contributed by atoms with Crippen LogP contribution >= 0.6 is 0 Å². The lowest BCUT2D eigenvalue weighted by Crippen LogP contribution is -2.40. The first-order valence-corrected chi connectivity index (χ1v) is 10.9. The molecule has 0 unspecified atom stereocenters. The predicted molar refractivity (Wildman–Crippen MR) is 131 cm³/mol. The summed E-state index contributed by atoms with van der Waals surface area (Å²) in [5.41, 5.74) is 3.24. The molecule has 0 saturated heterocycles. The Morgan fingerprint density at radius 3 is 2.48 bits per heavy atom. The Labute approximate surface area is 195 Å². The molecule has 0 atom stereocenters. The Bertz CT molecular complexity index is 1040. The fraction of sp³-hybridized carbons (Fsp3) is 0.320. The van der Waals surface area contributed by atoms with Crippen LogP contribution in [0.25, 0.3) is 11.3 Å². The maximum absolute atomic E-state index is 12.1. The van der Waals surface area contributed by atoms with Crippen LogP contribution in [-0.4, -0.2) is 73.0 Å². The number of nitrogens with zero attached hydrogens (tertiary/aromatic N) is 4. The van der Waals surface area contributed by atoms with Gasteiger partial charge in [-0.2, -0.15) is 0 Å². The summed E-state index contributed by atoms with van der Waals surface area (Å²) in [5, 5.41) is 3.38. The number of likely N-dealkylation sites (N-methyl/N-ethyl adjacent to an activating group) is 1. The summed E-state index contributed by atoms with van der Waals surface area (Å²) < 4.78 is 5.22. The molecular weight excluding hydrogens is 416 g/mol. The van der Waals surface area contributed by atoms with E-state index in [0.717, 1.165) is 29.3 Å². The number of H-pyrrole nitrogens is 1. The molecule has 174 valence electrons. The first kappa shape index (κ1) is 23.8. The standard InChI is InChI=1S/C25H32N6O2/c1-30(2)24(32)17-28-25(26-15-14-19-10-12-21(33-4)13-11-19)31(3)18-23-27-16-22(29-23)20-8-6-5-7-9-20/h5-13,16H,14-15,17-18H2,1-4H3,(H,26,28)(H,27,29). The zero-order chi connectivity index (χ0) is 23.6. The van der Waals surface area contributed by atoms with Gasteiger partial charge in [-0.1, -0.05) is 42.5 Å². The van der Waals surface area contributed by atoms with Crippen molar-refractivity contribution in [1.82, 2.24) is 25.1 Å². The number of methoxy groups -OCH3 is 1. The molecule has 0 saturated carbocycles. The van der Waals surface area contributed by atoms with Crippen LogP contribution in [0.4, 0.5) is 0 Å². The number of benzene rings is 2. The number of nitrogens with one attached hydrogen (secondary N) is 2. The molecule has 8 nitrogen and oxygen atoms in total. The molecule has 1 amide bonds. The van der Waals surface area contributed by atoms with E-state index in [1.165, 1.54) is 10.5 Å². The normalized spacial score (nSPS) is 11.2. The number of hydrogen-bond donors (Lipinski definition) is 2. The Morgan fingerprint density at radius 1 is 1.09 bits per heavy atom. The van der Waals surface area contributed by atoms with E-state index in [0.29, 0.717) is 19.0 Å². The Morgan fingerprint density at radius 2 is 1.82 bits per heavy atom. The lowest BCUT2D eigenvalue weighted by molar-refractivity contribution is -0.127. The maximum Gasteiger partial charge on any atom is 0.243 e. The number of aromatic nitrogens is 2. The van der Waals surface area contributed by atoms with E-state index < -0.39 is 0 Å². The molecule has 3 aromatic rings. The minimum absolute atomic E-state index is 0.0535. The van der Waals surface area contributed by atoms with Crippen LogP contribution in [0.15, 0.2) is 65.8 Å². The summed E-state index contributed by atoms with van der Waals surface area (Å²) in [4.78, 5) is 28.0. The van der Waals surface area contributed by atoms with Crippen LogP contribution in [0.2, 0.25) is 0 Å². The number of amides is 1. The van der Waals surface area contributed by atoms with Gasteiger partial charge in [0.15, 0.2) is 5.96 Å². The van der Waals surface area contributed by atoms with Crippen molar-refractivity contribution >= 4 is 11.9 Å². The topological polar surface area (TPSA) is 85.8 Å². The third-order valence-corrected chi connectivity index (χ3v) is 5.18. The molecule has 0 aliphatic rings. The highest BCUT2D eigenvalue weighted by Gasteiger charge is 2.12. The van der Waals surface area contributed by atoms with Crippen LogP contribution in [0.3, 0.4) is 0 Å². The SMILES string of the molecule is COc1ccc(CCNC(=NCC(=O)N(C)C)N(C)Cc2ncc(-c3ccccc3)[nH]2)cc1. The van der Waals surface area contributed by atoms with Gasteiger partial charge in [-0.3, -0.25) is 4.79 Å². The molecule has 1 aromatic heterocycles. The van der Waals surface area contributed by atoms with Crippen molar-refractivity contribution < 1.29 is 9.53 Å². The van der Waals surface area contributed by atoms with Gasteiger partial charge < -0.3 is 24.8 Å². The van der Waals surface area contributed by atoms with E-state index in [1.54, 1.807) is 21.2 Å². The van der Waals surface area contributed by atoms with E-state index in [1.807, 2.05) is 72.7 Å². The van der Waals surface area contributed by atoms with Gasteiger partial charge >= 0.3 is 0 Å². The largest absolute Gasteiger partial charge is 0.497 e. The quantitative estimate of drug-likeness (QED) is 0.388. The van der Waals surface area contributed by atoms with Crippen LogP contribution < -0.4 is 10.1 Å². The average molecular weight is 449 g/mol. The minimum Gasteiger partial charge on any atom is -0.497 e. The fourth-order valence-corrected chi connectivity index (χ4v) is 3.21. The number of ether oxygens (including phenoxy) is 1. The lowest BCUT2D eigenvalue weighted by atomic mass is 10.1. The van der Waals surface area contributed by atoms with Crippen molar-refractivity contribution in [1.29, 1.82) is 0 Å². The summed E-state index contributed by atoms with van der Waals surface area (Å²) in [5.74, 6) is 2.25. The summed E-state index contributed by atoms with van der Waals surface area (Å²) in [6, 6.07) is 18.1. The summed E-state index contributed by atoms with van der Waals surface area (Å²) in [6.07, 6.45) is 2.65. The summed E-state index contributed by atoms with van der Waals surface area (Å²) in [6.45, 7) is 1.28. The van der Waals surface area contributed by atoms with Gasteiger partial charge in [-0.05, 0) is 29.7 Å². The third kappa shape index (κ3) is 7.10. The average Bonchev–Trinajstić information content (AvgIpc) is 3.30. The number of aromatic amines is 1. The molecular formula is C25H32N6O2. The molecule has 0 spiro atoms. The van der Waals surface area contributed by atoms with Crippen LogP contribution in [-0.2, 0) is 17.8 Å². The second-order valence-corrected chi connectivity index (χ2v) is 7.92. The number of guanidine groups is 1. The van der Waals surface area contributed by atoms with Crippen LogP contribution in [0.5, 0.6) is 5.75 Å². The minimum atomic E-state index is -0.0535. The molecule has 8 heteroatoms. The molecule has 3 rings (SSSR count). The van der Waals surface area contributed by atoms with Crippen molar-refractivity contribution in [2.45, 2.75) is 13.0 Å². The highest BCUT2D eigenvalue weighted by molar-refractivity contribution is 5.84. The van der Waals surface area contributed by atoms with Crippen LogP contribution in [0, 0.1) is 0 Å². The molecule has 2 aromatic carbocycles. The Balaban J connectivity index is 1.65. The maximum atomic E-state index is 12.1. The highest BCUT2D eigenvalue weighted by Crippen LogP contribution is 2.16. The first-order valence-electron chi connectivity index (χ1n) is 10.9. The van der Waals surface area contributed by atoms with Crippen LogP contribution in [0.1, 0.15) is 11.4 Å². The summed E-state index contributed by atoms with van der Waals surface area (Å²) >= 11 is 0. The zero-order valence-corrected chi connectivity index (χ0v) is 19.7. The van der Waals surface area contributed by atoms with E-state index >= 15 is 0 Å². The van der Waals surface area contributed by atoms with Crippen molar-refractivity contribution in [3.63, 3.8) is 0 Å². The number of imidazole rings is 1. The number of aliphatic imine (C=N–C) groups is 1. The highest BCUT2D eigenvalue weighted by atomic mass is 16.5. The van der Waals surface area contributed by atoms with Gasteiger partial charge in [0.25, 0.3) is 0 Å². The van der Waals surface area contributed by atoms with E-state index in [2.05, 4.69) is 20.3 Å². The van der Waals surface area contributed by atoms with Gasteiger partial charge in [0.05, 0.1) is 25.5 Å². The summed E-state index contributed by atoms with van der Waals surface area (Å²) in [7, 11) is 7.05. The van der Waals surface area contributed by atoms with Crippen molar-refractivity contribution in [2.24, 2.45) is 4.99 Å². The smallest absolute Gasteiger partial charge is 0.243 e. The molecule has 1 heterocycles. The van der Waals surface area contributed by atoms with Gasteiger partial charge in [-0.25, -0.2) is 9.98 Å². The molecule has 33 heavy (non-hydrogen) atoms. The zero-order valence-electron chi connectivity index (χ0n) is 19.7. The Hall–Kier alpha value is -3.81. The molecule has 0 bridgehead atoms. The van der Waals surface area contributed by atoms with Crippen molar-refractivity contribution in [2.75, 3.05) is 41.3 Å². The van der Waals surface area contributed by atoms with Gasteiger partial charge in [-0.15, -0.1) is 0 Å². The number of rotatable bonds is 9. The van der Waals surface area contributed by atoms with Gasteiger partial charge in [0.1, 0.15) is 18.1 Å². The van der Waals surface area contributed by atoms with E-state index in [9.17, 15) is 4.79 Å². The number of carbonyl (C=O) groups is 1. The monoisotopic (exact) mass is 448 g/mol.